The third kappa shape index (κ3) is 3.30. The molecule has 1 aromatic heterocycles. The molecule has 124 valence electrons. The molecule has 0 spiro atoms. The van der Waals surface area contributed by atoms with Gasteiger partial charge in [-0.3, -0.25) is 15.4 Å². The van der Waals surface area contributed by atoms with Gasteiger partial charge in [0.25, 0.3) is 0 Å². The molecule has 3 rings (SSSR count). The van der Waals surface area contributed by atoms with Crippen LogP contribution in [0.2, 0.25) is 0 Å². The molecule has 2 aromatic rings. The van der Waals surface area contributed by atoms with Crippen LogP contribution in [0.3, 0.4) is 0 Å². The van der Waals surface area contributed by atoms with Gasteiger partial charge in [-0.2, -0.15) is 5.10 Å². The molecule has 7 heteroatoms. The Labute approximate surface area is 135 Å². The Bertz CT molecular complexity index is 696. The summed E-state index contributed by atoms with van der Waals surface area (Å²) >= 11 is 0. The van der Waals surface area contributed by atoms with Gasteiger partial charge < -0.3 is 4.74 Å². The molecular weight excluding hydrogens is 294 g/mol. The van der Waals surface area contributed by atoms with Crippen LogP contribution in [0.4, 0.5) is 0 Å². The number of hydrogen-bond acceptors (Lipinski definition) is 5. The van der Waals surface area contributed by atoms with Gasteiger partial charge in [0.1, 0.15) is 11.6 Å². The van der Waals surface area contributed by atoms with Crippen molar-refractivity contribution in [1.29, 1.82) is 0 Å². The first kappa shape index (κ1) is 15.8. The summed E-state index contributed by atoms with van der Waals surface area (Å²) in [6.45, 7) is 4.78. The number of methoxy groups -OCH3 is 1. The van der Waals surface area contributed by atoms with E-state index in [0.717, 1.165) is 23.6 Å². The lowest BCUT2D eigenvalue weighted by Gasteiger charge is -2.17. The zero-order chi connectivity index (χ0) is 16.4. The Morgan fingerprint density at radius 1 is 1.17 bits per heavy atom. The third-order valence-electron chi connectivity index (χ3n) is 4.58. The molecule has 1 aliphatic heterocycles. The smallest absolute Gasteiger partial charge is 0.343 e. The Hall–Kier alpha value is -2.12. The van der Waals surface area contributed by atoms with Crippen LogP contribution >= 0.6 is 0 Å². The third-order valence-corrected chi connectivity index (χ3v) is 4.58. The second kappa shape index (κ2) is 6.55. The molecule has 2 heterocycles. The number of ether oxygens (including phenoxy) is 1. The fraction of sp³-hybridized carbons (Fsp3) is 0.500. The molecule has 1 aliphatic rings. The Morgan fingerprint density at radius 3 is 2.43 bits per heavy atom. The van der Waals surface area contributed by atoms with Crippen LogP contribution in [0.1, 0.15) is 25.2 Å². The highest BCUT2D eigenvalue weighted by Crippen LogP contribution is 2.19. The molecule has 2 atom stereocenters. The van der Waals surface area contributed by atoms with Crippen LogP contribution in [-0.4, -0.2) is 34.0 Å². The summed E-state index contributed by atoms with van der Waals surface area (Å²) in [5, 5.41) is 6.80. The van der Waals surface area contributed by atoms with Gasteiger partial charge in [0.05, 0.1) is 13.7 Å². The molecule has 23 heavy (non-hydrogen) atoms. The Balaban J connectivity index is 1.79. The first-order valence-corrected chi connectivity index (χ1v) is 7.86. The summed E-state index contributed by atoms with van der Waals surface area (Å²) in [6, 6.07) is 8.40. The summed E-state index contributed by atoms with van der Waals surface area (Å²) in [7, 11) is 1.64. The fourth-order valence-electron chi connectivity index (χ4n) is 3.06. The SMILES string of the molecule is COc1ccc(Cn2c(CC3C(C)NNC3C)n[nH]c2=O)cc1. The Morgan fingerprint density at radius 2 is 1.83 bits per heavy atom. The minimum Gasteiger partial charge on any atom is -0.497 e. The standard InChI is InChI=1S/C16H23N5O2/c1-10-14(11(2)18-17-10)8-15-19-20-16(22)21(15)9-12-4-6-13(23-3)7-5-12/h4-7,10-11,14,17-18H,8-9H2,1-3H3,(H,20,22). The molecule has 0 amide bonds. The zero-order valence-corrected chi connectivity index (χ0v) is 13.7. The minimum atomic E-state index is -0.171. The van der Waals surface area contributed by atoms with Gasteiger partial charge in [-0.25, -0.2) is 9.89 Å². The van der Waals surface area contributed by atoms with E-state index < -0.39 is 0 Å². The highest BCUT2D eigenvalue weighted by atomic mass is 16.5. The van der Waals surface area contributed by atoms with Crippen molar-refractivity contribution in [1.82, 2.24) is 25.6 Å². The van der Waals surface area contributed by atoms with E-state index in [1.807, 2.05) is 24.3 Å². The lowest BCUT2D eigenvalue weighted by molar-refractivity contribution is 0.414. The summed E-state index contributed by atoms with van der Waals surface area (Å²) in [4.78, 5) is 12.1. The molecule has 0 radical (unpaired) electrons. The van der Waals surface area contributed by atoms with E-state index in [2.05, 4.69) is 34.9 Å². The molecular formula is C16H23N5O2. The maximum absolute atomic E-state index is 12.1. The molecule has 1 aromatic carbocycles. The second-order valence-corrected chi connectivity index (χ2v) is 6.11. The number of H-pyrrole nitrogens is 1. The number of aromatic amines is 1. The molecule has 0 bridgehead atoms. The van der Waals surface area contributed by atoms with Crippen LogP contribution in [0, 0.1) is 5.92 Å². The topological polar surface area (TPSA) is 84.0 Å². The normalized spacial score (nSPS) is 24.0. The zero-order valence-electron chi connectivity index (χ0n) is 13.7. The van der Waals surface area contributed by atoms with Crippen molar-refractivity contribution in [3.63, 3.8) is 0 Å². The van der Waals surface area contributed by atoms with Crippen LogP contribution < -0.4 is 21.3 Å². The largest absolute Gasteiger partial charge is 0.497 e. The lowest BCUT2D eigenvalue weighted by Crippen LogP contribution is -2.30. The van der Waals surface area contributed by atoms with Crippen molar-refractivity contribution in [3.8, 4) is 5.75 Å². The molecule has 0 saturated carbocycles. The molecule has 1 saturated heterocycles. The van der Waals surface area contributed by atoms with E-state index in [9.17, 15) is 4.79 Å². The number of hydrogen-bond donors (Lipinski definition) is 3. The number of benzene rings is 1. The van der Waals surface area contributed by atoms with Gasteiger partial charge in [-0.15, -0.1) is 0 Å². The van der Waals surface area contributed by atoms with Gasteiger partial charge in [-0.1, -0.05) is 12.1 Å². The van der Waals surface area contributed by atoms with Gasteiger partial charge in [-0.05, 0) is 37.5 Å². The first-order valence-electron chi connectivity index (χ1n) is 7.86. The summed E-state index contributed by atoms with van der Waals surface area (Å²) < 4.78 is 6.87. The van der Waals surface area contributed by atoms with E-state index >= 15 is 0 Å². The maximum atomic E-state index is 12.1. The molecule has 2 unspecified atom stereocenters. The quantitative estimate of drug-likeness (QED) is 0.755. The number of nitrogens with zero attached hydrogens (tertiary/aromatic N) is 2. The van der Waals surface area contributed by atoms with Crippen molar-refractivity contribution in [3.05, 3.63) is 46.1 Å². The second-order valence-electron chi connectivity index (χ2n) is 6.11. The van der Waals surface area contributed by atoms with Crippen LogP contribution in [0.5, 0.6) is 5.75 Å². The summed E-state index contributed by atoms with van der Waals surface area (Å²) in [6.07, 6.45) is 0.747. The number of hydrazine groups is 1. The monoisotopic (exact) mass is 317 g/mol. The van der Waals surface area contributed by atoms with Crippen molar-refractivity contribution in [2.75, 3.05) is 7.11 Å². The van der Waals surface area contributed by atoms with Crippen LogP contribution in [0.25, 0.3) is 0 Å². The molecule has 3 N–H and O–H groups in total. The highest BCUT2D eigenvalue weighted by Gasteiger charge is 2.31. The van der Waals surface area contributed by atoms with Gasteiger partial charge in [0.15, 0.2) is 0 Å². The van der Waals surface area contributed by atoms with Crippen molar-refractivity contribution >= 4 is 0 Å². The van der Waals surface area contributed by atoms with Crippen molar-refractivity contribution < 1.29 is 4.74 Å². The van der Waals surface area contributed by atoms with Gasteiger partial charge >= 0.3 is 5.69 Å². The average molecular weight is 317 g/mol. The molecule has 7 nitrogen and oxygen atoms in total. The fourth-order valence-corrected chi connectivity index (χ4v) is 3.06. The predicted molar refractivity (Wildman–Crippen MR) is 87.3 cm³/mol. The average Bonchev–Trinajstić information content (AvgIpc) is 3.06. The summed E-state index contributed by atoms with van der Waals surface area (Å²) in [5.41, 5.74) is 7.35. The Kier molecular flexibility index (Phi) is 4.49. The van der Waals surface area contributed by atoms with Gasteiger partial charge in [0, 0.05) is 18.5 Å². The van der Waals surface area contributed by atoms with E-state index in [4.69, 9.17) is 4.74 Å². The summed E-state index contributed by atoms with van der Waals surface area (Å²) in [5.74, 6) is 1.99. The van der Waals surface area contributed by atoms with E-state index in [0.29, 0.717) is 24.5 Å². The molecule has 0 aliphatic carbocycles. The number of rotatable bonds is 5. The van der Waals surface area contributed by atoms with Crippen molar-refractivity contribution in [2.45, 2.75) is 38.9 Å². The number of nitrogens with one attached hydrogen (secondary N) is 3. The highest BCUT2D eigenvalue weighted by molar-refractivity contribution is 5.27. The van der Waals surface area contributed by atoms with Crippen LogP contribution in [0.15, 0.2) is 29.1 Å². The predicted octanol–water partition coefficient (Wildman–Crippen LogP) is 0.672. The number of aromatic nitrogens is 3. The minimum absolute atomic E-state index is 0.171. The first-order chi connectivity index (χ1) is 11.1. The van der Waals surface area contributed by atoms with Crippen LogP contribution in [-0.2, 0) is 13.0 Å². The van der Waals surface area contributed by atoms with E-state index in [1.165, 1.54) is 0 Å². The van der Waals surface area contributed by atoms with Crippen molar-refractivity contribution in [2.24, 2.45) is 5.92 Å². The van der Waals surface area contributed by atoms with E-state index in [1.54, 1.807) is 11.7 Å². The molecule has 1 fully saturated rings. The lowest BCUT2D eigenvalue weighted by atomic mass is 9.93. The maximum Gasteiger partial charge on any atom is 0.343 e. The van der Waals surface area contributed by atoms with Gasteiger partial charge in [0.2, 0.25) is 0 Å². The van der Waals surface area contributed by atoms with E-state index in [-0.39, 0.29) is 5.69 Å².